The summed E-state index contributed by atoms with van der Waals surface area (Å²) in [5.41, 5.74) is 4.06. The van der Waals surface area contributed by atoms with Crippen molar-refractivity contribution in [1.82, 2.24) is 0 Å². The van der Waals surface area contributed by atoms with Gasteiger partial charge in [-0.3, -0.25) is 9.59 Å². The molecule has 0 aromatic heterocycles. The molecule has 1 heterocycles. The summed E-state index contributed by atoms with van der Waals surface area (Å²) >= 11 is 0. The van der Waals surface area contributed by atoms with Crippen molar-refractivity contribution < 1.29 is 23.8 Å². The van der Waals surface area contributed by atoms with Gasteiger partial charge in [0.05, 0.1) is 32.6 Å². The first-order valence-electron chi connectivity index (χ1n) is 10.7. The van der Waals surface area contributed by atoms with Crippen molar-refractivity contribution in [1.29, 1.82) is 0 Å². The third-order valence-corrected chi connectivity index (χ3v) is 5.67. The zero-order valence-electron chi connectivity index (χ0n) is 19.8. The summed E-state index contributed by atoms with van der Waals surface area (Å²) in [7, 11) is 4.55. The molecule has 0 radical (unpaired) electrons. The van der Waals surface area contributed by atoms with Gasteiger partial charge in [0.1, 0.15) is 5.70 Å². The van der Waals surface area contributed by atoms with E-state index in [2.05, 4.69) is 5.32 Å². The van der Waals surface area contributed by atoms with Gasteiger partial charge >= 0.3 is 0 Å². The quantitative estimate of drug-likeness (QED) is 0.516. The number of nitrogens with zero attached hydrogens (tertiary/aromatic N) is 1. The second kappa shape index (κ2) is 9.31. The van der Waals surface area contributed by atoms with Gasteiger partial charge in [-0.1, -0.05) is 48.0 Å². The molecule has 2 amide bonds. The SMILES string of the molecule is COc1cc(NC2=C(c3ccccc3)C(=O)N(c3ccc(C)cc3C)C2=O)cc(OC)c1OC. The van der Waals surface area contributed by atoms with E-state index < -0.39 is 11.8 Å². The number of rotatable bonds is 7. The van der Waals surface area contributed by atoms with Crippen LogP contribution in [-0.4, -0.2) is 33.1 Å². The number of imide groups is 1. The minimum Gasteiger partial charge on any atom is -0.493 e. The second-order valence-corrected chi connectivity index (χ2v) is 7.89. The molecule has 174 valence electrons. The van der Waals surface area contributed by atoms with Crippen LogP contribution in [0.3, 0.4) is 0 Å². The molecule has 0 atom stereocenters. The number of hydrogen-bond donors (Lipinski definition) is 1. The van der Waals surface area contributed by atoms with Crippen molar-refractivity contribution >= 4 is 28.8 Å². The van der Waals surface area contributed by atoms with Gasteiger partial charge in [0.15, 0.2) is 11.5 Å². The molecule has 0 bridgehead atoms. The molecule has 7 nitrogen and oxygen atoms in total. The van der Waals surface area contributed by atoms with E-state index in [9.17, 15) is 9.59 Å². The average Bonchev–Trinajstić information content (AvgIpc) is 3.08. The molecular weight excluding hydrogens is 432 g/mol. The Morgan fingerprint density at radius 2 is 1.41 bits per heavy atom. The number of hydrogen-bond acceptors (Lipinski definition) is 6. The summed E-state index contributed by atoms with van der Waals surface area (Å²) in [6.07, 6.45) is 0. The molecule has 1 aliphatic heterocycles. The average molecular weight is 459 g/mol. The number of benzene rings is 3. The summed E-state index contributed by atoms with van der Waals surface area (Å²) in [6.45, 7) is 3.85. The summed E-state index contributed by atoms with van der Waals surface area (Å²) in [5, 5.41) is 3.15. The lowest BCUT2D eigenvalue weighted by molar-refractivity contribution is -0.120. The number of carbonyl (C=O) groups is 2. The molecule has 3 aromatic rings. The van der Waals surface area contributed by atoms with E-state index in [1.165, 1.54) is 26.2 Å². The first-order valence-corrected chi connectivity index (χ1v) is 10.7. The number of amides is 2. The van der Waals surface area contributed by atoms with Crippen LogP contribution in [0.5, 0.6) is 17.2 Å². The minimum atomic E-state index is -0.440. The van der Waals surface area contributed by atoms with Gasteiger partial charge in [0.25, 0.3) is 11.8 Å². The topological polar surface area (TPSA) is 77.1 Å². The summed E-state index contributed by atoms with van der Waals surface area (Å²) in [6, 6.07) is 18.1. The van der Waals surface area contributed by atoms with Crippen molar-refractivity contribution in [2.75, 3.05) is 31.5 Å². The van der Waals surface area contributed by atoms with Crippen LogP contribution in [0.4, 0.5) is 11.4 Å². The van der Waals surface area contributed by atoms with Crippen LogP contribution in [0.1, 0.15) is 16.7 Å². The third-order valence-electron chi connectivity index (χ3n) is 5.67. The van der Waals surface area contributed by atoms with Gasteiger partial charge in [-0.25, -0.2) is 4.90 Å². The standard InChI is InChI=1S/C27H26N2O5/c1-16-11-12-20(17(2)13-16)29-26(30)23(18-9-7-6-8-10-18)24(27(29)31)28-19-14-21(32-3)25(34-5)22(15-19)33-4/h6-15,28H,1-5H3. The predicted octanol–water partition coefficient (Wildman–Crippen LogP) is 4.73. The Morgan fingerprint density at radius 3 is 1.97 bits per heavy atom. The van der Waals surface area contributed by atoms with Gasteiger partial charge in [-0.05, 0) is 31.0 Å². The predicted molar refractivity (Wildman–Crippen MR) is 131 cm³/mol. The van der Waals surface area contributed by atoms with Gasteiger partial charge in [-0.2, -0.15) is 0 Å². The highest BCUT2D eigenvalue weighted by Crippen LogP contribution is 2.41. The third kappa shape index (κ3) is 3.96. The van der Waals surface area contributed by atoms with Crippen LogP contribution in [-0.2, 0) is 9.59 Å². The Labute approximate surface area is 198 Å². The highest BCUT2D eigenvalue weighted by Gasteiger charge is 2.41. The highest BCUT2D eigenvalue weighted by atomic mass is 16.5. The van der Waals surface area contributed by atoms with Gasteiger partial charge in [0.2, 0.25) is 5.75 Å². The van der Waals surface area contributed by atoms with Crippen LogP contribution in [0.2, 0.25) is 0 Å². The van der Waals surface area contributed by atoms with Crippen LogP contribution in [0, 0.1) is 13.8 Å². The van der Waals surface area contributed by atoms with Crippen molar-refractivity contribution in [3.8, 4) is 17.2 Å². The maximum atomic E-state index is 13.7. The van der Waals surface area contributed by atoms with Crippen LogP contribution < -0.4 is 24.4 Å². The van der Waals surface area contributed by atoms with E-state index >= 15 is 0 Å². The fourth-order valence-corrected chi connectivity index (χ4v) is 4.09. The minimum absolute atomic E-state index is 0.172. The molecule has 3 aromatic carbocycles. The van der Waals surface area contributed by atoms with Crippen molar-refractivity contribution in [2.45, 2.75) is 13.8 Å². The number of anilines is 2. The fourth-order valence-electron chi connectivity index (χ4n) is 4.09. The molecule has 0 saturated heterocycles. The van der Waals surface area contributed by atoms with Crippen LogP contribution in [0.15, 0.2) is 66.4 Å². The molecule has 0 spiro atoms. The van der Waals surface area contributed by atoms with Crippen LogP contribution >= 0.6 is 0 Å². The maximum Gasteiger partial charge on any atom is 0.282 e. The van der Waals surface area contributed by atoms with Crippen LogP contribution in [0.25, 0.3) is 5.57 Å². The molecule has 0 aliphatic carbocycles. The number of nitrogens with one attached hydrogen (secondary N) is 1. The summed E-state index contributed by atoms with van der Waals surface area (Å²) < 4.78 is 16.3. The molecule has 0 unspecified atom stereocenters. The molecule has 7 heteroatoms. The Hall–Kier alpha value is -4.26. The second-order valence-electron chi connectivity index (χ2n) is 7.89. The first-order chi connectivity index (χ1) is 16.4. The molecule has 0 fully saturated rings. The molecule has 0 saturated carbocycles. The highest BCUT2D eigenvalue weighted by molar-refractivity contribution is 6.46. The Kier molecular flexibility index (Phi) is 6.27. The molecular formula is C27H26N2O5. The lowest BCUT2D eigenvalue weighted by atomic mass is 10.0. The summed E-state index contributed by atoms with van der Waals surface area (Å²) in [5.74, 6) is 0.449. The zero-order chi connectivity index (χ0) is 24.4. The van der Waals surface area contributed by atoms with Gasteiger partial charge in [-0.15, -0.1) is 0 Å². The first kappa shape index (κ1) is 22.9. The number of ether oxygens (including phenoxy) is 3. The fraction of sp³-hybridized carbons (Fsp3) is 0.185. The lowest BCUT2D eigenvalue weighted by Crippen LogP contribution is -2.33. The van der Waals surface area contributed by atoms with E-state index in [1.54, 1.807) is 18.2 Å². The van der Waals surface area contributed by atoms with E-state index in [0.717, 1.165) is 11.1 Å². The van der Waals surface area contributed by atoms with Gasteiger partial charge < -0.3 is 19.5 Å². The summed E-state index contributed by atoms with van der Waals surface area (Å²) in [4.78, 5) is 28.5. The molecule has 4 rings (SSSR count). The number of aryl methyl sites for hydroxylation is 2. The van der Waals surface area contributed by atoms with Crippen molar-refractivity contribution in [3.05, 3.63) is 83.1 Å². The normalized spacial score (nSPS) is 13.4. The monoisotopic (exact) mass is 458 g/mol. The Morgan fingerprint density at radius 1 is 0.765 bits per heavy atom. The lowest BCUT2D eigenvalue weighted by Gasteiger charge is -2.18. The van der Waals surface area contributed by atoms with E-state index in [0.29, 0.717) is 39.8 Å². The molecule has 1 N–H and O–H groups in total. The molecule has 1 aliphatic rings. The van der Waals surface area contributed by atoms with Crippen molar-refractivity contribution in [2.24, 2.45) is 0 Å². The molecule has 34 heavy (non-hydrogen) atoms. The van der Waals surface area contributed by atoms with Crippen molar-refractivity contribution in [3.63, 3.8) is 0 Å². The Bertz CT molecular complexity index is 1270. The zero-order valence-corrected chi connectivity index (χ0v) is 19.8. The van der Waals surface area contributed by atoms with E-state index in [4.69, 9.17) is 14.2 Å². The van der Waals surface area contributed by atoms with E-state index in [-0.39, 0.29) is 5.70 Å². The maximum absolute atomic E-state index is 13.7. The number of carbonyl (C=O) groups excluding carboxylic acids is 2. The Balaban J connectivity index is 1.85. The number of methoxy groups -OCH3 is 3. The van der Waals surface area contributed by atoms with E-state index in [1.807, 2.05) is 56.3 Å². The smallest absolute Gasteiger partial charge is 0.282 e. The largest absolute Gasteiger partial charge is 0.493 e. The van der Waals surface area contributed by atoms with Gasteiger partial charge in [0, 0.05) is 17.8 Å².